The molecule has 1 aliphatic heterocycles. The van der Waals surface area contributed by atoms with Crippen molar-refractivity contribution in [1.29, 1.82) is 0 Å². The molecule has 0 aliphatic carbocycles. The van der Waals surface area contributed by atoms with Crippen LogP contribution in [0.2, 0.25) is 0 Å². The van der Waals surface area contributed by atoms with Crippen LogP contribution in [0, 0.1) is 5.92 Å². The molecule has 26 heavy (non-hydrogen) atoms. The summed E-state index contributed by atoms with van der Waals surface area (Å²) >= 11 is 1.16. The first-order valence-electron chi connectivity index (χ1n) is 8.18. The molecule has 2 amide bonds. The molecule has 0 unspecified atom stereocenters. The van der Waals surface area contributed by atoms with Crippen molar-refractivity contribution in [3.8, 4) is 5.75 Å². The topological polar surface area (TPSA) is 95.4 Å². The minimum Gasteiger partial charge on any atom is -0.508 e. The van der Waals surface area contributed by atoms with Gasteiger partial charge in [0.25, 0.3) is 0 Å². The zero-order valence-corrected chi connectivity index (χ0v) is 14.6. The van der Waals surface area contributed by atoms with Crippen molar-refractivity contribution < 1.29 is 14.7 Å². The van der Waals surface area contributed by atoms with E-state index in [1.54, 1.807) is 18.2 Å². The third-order valence-corrected chi connectivity index (χ3v) is 4.98. The van der Waals surface area contributed by atoms with Gasteiger partial charge in [0.1, 0.15) is 16.8 Å². The molecule has 8 heteroatoms. The van der Waals surface area contributed by atoms with Crippen molar-refractivity contribution in [2.75, 3.05) is 11.4 Å². The summed E-state index contributed by atoms with van der Waals surface area (Å²) in [5, 5.41) is 12.5. The summed E-state index contributed by atoms with van der Waals surface area (Å²) in [6, 6.07) is 12.2. The Morgan fingerprint density at radius 1 is 1.23 bits per heavy atom. The second-order valence-electron chi connectivity index (χ2n) is 6.23. The normalized spacial score (nSPS) is 17.0. The summed E-state index contributed by atoms with van der Waals surface area (Å²) in [6.07, 6.45) is 0.163. The number of benzene rings is 2. The molecule has 2 heterocycles. The van der Waals surface area contributed by atoms with Crippen LogP contribution in [0.4, 0.5) is 5.69 Å². The van der Waals surface area contributed by atoms with Crippen LogP contribution < -0.4 is 10.2 Å². The number of hydrogen-bond acceptors (Lipinski definition) is 6. The zero-order valence-electron chi connectivity index (χ0n) is 13.8. The van der Waals surface area contributed by atoms with E-state index in [-0.39, 0.29) is 24.0 Å². The number of phenolic OH excluding ortho intramolecular Hbond substituents is 1. The number of nitrogens with zero attached hydrogens (tertiary/aromatic N) is 3. The largest absolute Gasteiger partial charge is 0.508 e. The van der Waals surface area contributed by atoms with Crippen LogP contribution in [0.1, 0.15) is 12.0 Å². The summed E-state index contributed by atoms with van der Waals surface area (Å²) in [7, 11) is 0. The maximum absolute atomic E-state index is 12.5. The molecule has 4 rings (SSSR count). The first kappa shape index (κ1) is 16.5. The molecule has 2 aromatic carbocycles. The lowest BCUT2D eigenvalue weighted by Gasteiger charge is -2.17. The standard InChI is InChI=1S/C18H16N4O3S/c23-14-3-1-2-13(8-14)22-10-12(7-17(22)24)18(25)19-9-11-4-5-15-16(6-11)21-26-20-15/h1-6,8,12,23H,7,9-10H2,(H,19,25)/t12-/m1/s1. The molecule has 0 radical (unpaired) electrons. The third-order valence-electron chi connectivity index (χ3n) is 4.42. The molecule has 1 fully saturated rings. The van der Waals surface area contributed by atoms with Crippen LogP contribution >= 0.6 is 11.7 Å². The van der Waals surface area contributed by atoms with Crippen LogP contribution in [0.5, 0.6) is 5.75 Å². The monoisotopic (exact) mass is 368 g/mol. The van der Waals surface area contributed by atoms with Gasteiger partial charge >= 0.3 is 0 Å². The number of amides is 2. The fraction of sp³-hybridized carbons (Fsp3) is 0.222. The number of carbonyl (C=O) groups is 2. The van der Waals surface area contributed by atoms with Crippen LogP contribution in [0.3, 0.4) is 0 Å². The van der Waals surface area contributed by atoms with E-state index in [0.29, 0.717) is 18.8 Å². The lowest BCUT2D eigenvalue weighted by molar-refractivity contribution is -0.126. The highest BCUT2D eigenvalue weighted by Gasteiger charge is 2.35. The number of aromatic hydroxyl groups is 1. The van der Waals surface area contributed by atoms with Crippen LogP contribution in [0.25, 0.3) is 11.0 Å². The molecule has 2 N–H and O–H groups in total. The molecule has 0 saturated carbocycles. The average molecular weight is 368 g/mol. The second-order valence-corrected chi connectivity index (χ2v) is 6.76. The fourth-order valence-corrected chi connectivity index (χ4v) is 3.58. The number of fused-ring (bicyclic) bond motifs is 1. The van der Waals surface area contributed by atoms with Crippen molar-refractivity contribution in [2.24, 2.45) is 5.92 Å². The molecular weight excluding hydrogens is 352 g/mol. The van der Waals surface area contributed by atoms with E-state index in [9.17, 15) is 14.7 Å². The van der Waals surface area contributed by atoms with Crippen LogP contribution in [0.15, 0.2) is 42.5 Å². The number of anilines is 1. The maximum Gasteiger partial charge on any atom is 0.227 e. The van der Waals surface area contributed by atoms with E-state index in [1.807, 2.05) is 18.2 Å². The molecular formula is C18H16N4O3S. The molecule has 0 spiro atoms. The lowest BCUT2D eigenvalue weighted by atomic mass is 10.1. The van der Waals surface area contributed by atoms with Gasteiger partial charge in [-0.25, -0.2) is 0 Å². The Morgan fingerprint density at radius 3 is 2.92 bits per heavy atom. The first-order valence-corrected chi connectivity index (χ1v) is 8.91. The Bertz CT molecular complexity index is 987. The quantitative estimate of drug-likeness (QED) is 0.735. The molecule has 1 atom stereocenters. The molecule has 1 aliphatic rings. The first-order chi connectivity index (χ1) is 12.6. The number of rotatable bonds is 4. The predicted molar refractivity (Wildman–Crippen MR) is 97.8 cm³/mol. The van der Waals surface area contributed by atoms with Gasteiger partial charge in [-0.3, -0.25) is 9.59 Å². The number of phenols is 1. The Labute approximate surface area is 153 Å². The second kappa shape index (κ2) is 6.72. The van der Waals surface area contributed by atoms with Gasteiger partial charge in [0.05, 0.1) is 17.6 Å². The van der Waals surface area contributed by atoms with E-state index >= 15 is 0 Å². The van der Waals surface area contributed by atoms with E-state index < -0.39 is 5.92 Å². The fourth-order valence-electron chi connectivity index (χ4n) is 3.06. The van der Waals surface area contributed by atoms with E-state index in [1.165, 1.54) is 11.0 Å². The highest BCUT2D eigenvalue weighted by Crippen LogP contribution is 2.27. The number of aromatic nitrogens is 2. The van der Waals surface area contributed by atoms with Crippen molar-refractivity contribution in [1.82, 2.24) is 14.1 Å². The van der Waals surface area contributed by atoms with Gasteiger partial charge in [-0.2, -0.15) is 8.75 Å². The van der Waals surface area contributed by atoms with Crippen molar-refractivity contribution in [3.63, 3.8) is 0 Å². The van der Waals surface area contributed by atoms with Gasteiger partial charge in [0.2, 0.25) is 11.8 Å². The summed E-state index contributed by atoms with van der Waals surface area (Å²) in [6.45, 7) is 0.687. The lowest BCUT2D eigenvalue weighted by Crippen LogP contribution is -2.32. The van der Waals surface area contributed by atoms with Crippen LogP contribution in [-0.2, 0) is 16.1 Å². The van der Waals surface area contributed by atoms with E-state index in [0.717, 1.165) is 28.3 Å². The zero-order chi connectivity index (χ0) is 18.1. The molecule has 1 saturated heterocycles. The van der Waals surface area contributed by atoms with Gasteiger partial charge < -0.3 is 15.3 Å². The van der Waals surface area contributed by atoms with Crippen molar-refractivity contribution in [2.45, 2.75) is 13.0 Å². The Kier molecular flexibility index (Phi) is 4.26. The Balaban J connectivity index is 1.40. The van der Waals surface area contributed by atoms with E-state index in [2.05, 4.69) is 14.1 Å². The highest BCUT2D eigenvalue weighted by atomic mass is 32.1. The number of hydrogen-bond donors (Lipinski definition) is 2. The van der Waals surface area contributed by atoms with Crippen LogP contribution in [-0.4, -0.2) is 32.2 Å². The molecule has 3 aromatic rings. The summed E-state index contributed by atoms with van der Waals surface area (Å²) in [4.78, 5) is 26.2. The van der Waals surface area contributed by atoms with Gasteiger partial charge in [-0.1, -0.05) is 12.1 Å². The van der Waals surface area contributed by atoms with Gasteiger partial charge in [-0.15, -0.1) is 0 Å². The van der Waals surface area contributed by atoms with Gasteiger partial charge in [0, 0.05) is 31.3 Å². The molecule has 0 bridgehead atoms. The van der Waals surface area contributed by atoms with Gasteiger partial charge in [-0.05, 0) is 29.8 Å². The average Bonchev–Trinajstić information content (AvgIpc) is 3.25. The van der Waals surface area contributed by atoms with Crippen molar-refractivity contribution in [3.05, 3.63) is 48.0 Å². The van der Waals surface area contributed by atoms with Gasteiger partial charge in [0.15, 0.2) is 0 Å². The minimum absolute atomic E-state index is 0.0927. The van der Waals surface area contributed by atoms with E-state index in [4.69, 9.17) is 0 Å². The Morgan fingerprint density at radius 2 is 2.08 bits per heavy atom. The smallest absolute Gasteiger partial charge is 0.227 e. The maximum atomic E-state index is 12.5. The summed E-state index contributed by atoms with van der Waals surface area (Å²) < 4.78 is 8.34. The predicted octanol–water partition coefficient (Wildman–Crippen LogP) is 2.07. The Hall–Kier alpha value is -3.00. The molecule has 1 aromatic heterocycles. The summed E-state index contributed by atoms with van der Waals surface area (Å²) in [5.74, 6) is -0.590. The minimum atomic E-state index is -0.408. The van der Waals surface area contributed by atoms with Crippen molar-refractivity contribution >= 4 is 40.3 Å². The number of carbonyl (C=O) groups excluding carboxylic acids is 2. The highest BCUT2D eigenvalue weighted by molar-refractivity contribution is 7.00. The summed E-state index contributed by atoms with van der Waals surface area (Å²) in [5.41, 5.74) is 3.19. The third kappa shape index (κ3) is 3.23. The molecule has 132 valence electrons. The number of nitrogens with one attached hydrogen (secondary N) is 1. The molecule has 7 nitrogen and oxygen atoms in total. The SMILES string of the molecule is O=C(NCc1ccc2nsnc2c1)[C@@H]1CC(=O)N(c2cccc(O)c2)C1.